The van der Waals surface area contributed by atoms with Gasteiger partial charge in [0.25, 0.3) is 0 Å². The first-order chi connectivity index (χ1) is 11.7. The van der Waals surface area contributed by atoms with Crippen LogP contribution in [0, 0.1) is 11.3 Å². The van der Waals surface area contributed by atoms with Gasteiger partial charge in [-0.05, 0) is 24.5 Å². The normalized spacial score (nSPS) is 23.2. The minimum atomic E-state index is -0.287. The highest BCUT2D eigenvalue weighted by molar-refractivity contribution is 7.13. The van der Waals surface area contributed by atoms with Crippen LogP contribution in [0.4, 0.5) is 5.13 Å². The molecule has 1 aliphatic rings. The molecule has 0 spiro atoms. The Hall–Kier alpha value is -2.16. The summed E-state index contributed by atoms with van der Waals surface area (Å²) < 4.78 is 0. The minimum absolute atomic E-state index is 0.00799. The van der Waals surface area contributed by atoms with Crippen LogP contribution in [-0.2, 0) is 6.42 Å². The molecule has 0 radical (unpaired) electrons. The average molecular weight is 339 g/mol. The third kappa shape index (κ3) is 2.83. The molecule has 2 aromatic rings. The third-order valence-corrected chi connectivity index (χ3v) is 5.44. The summed E-state index contributed by atoms with van der Waals surface area (Å²) in [5.41, 5.74) is 3.26. The first kappa shape index (κ1) is 16.7. The first-order valence-corrected chi connectivity index (χ1v) is 9.07. The van der Waals surface area contributed by atoms with E-state index in [1.54, 1.807) is 11.3 Å². The van der Waals surface area contributed by atoms with E-state index in [2.05, 4.69) is 42.2 Å². The summed E-state index contributed by atoms with van der Waals surface area (Å²) >= 11 is 1.55. The number of rotatable bonds is 5. The molecule has 2 heterocycles. The molecule has 1 aromatic carbocycles. The number of aromatic nitrogens is 1. The molecule has 0 amide bonds. The van der Waals surface area contributed by atoms with Gasteiger partial charge in [-0.2, -0.15) is 5.26 Å². The molecule has 5 heteroatoms. The summed E-state index contributed by atoms with van der Waals surface area (Å²) in [6, 6.07) is 10.2. The molecule has 0 unspecified atom stereocenters. The molecule has 1 aromatic heterocycles. The molecule has 3 atom stereocenters. The lowest BCUT2D eigenvalue weighted by molar-refractivity contribution is 0.187. The quantitative estimate of drug-likeness (QED) is 0.904. The molecular weight excluding hydrogens is 318 g/mol. The van der Waals surface area contributed by atoms with Crippen LogP contribution in [0.25, 0.3) is 6.08 Å². The zero-order valence-corrected chi connectivity index (χ0v) is 14.7. The Morgan fingerprint density at radius 2 is 2.12 bits per heavy atom. The van der Waals surface area contributed by atoms with Crippen molar-refractivity contribution in [1.29, 1.82) is 5.26 Å². The second-order valence-corrected chi connectivity index (χ2v) is 6.74. The molecule has 1 saturated heterocycles. The maximum Gasteiger partial charge on any atom is 0.186 e. The van der Waals surface area contributed by atoms with E-state index in [1.165, 1.54) is 0 Å². The third-order valence-electron chi connectivity index (χ3n) is 4.53. The van der Waals surface area contributed by atoms with Gasteiger partial charge in [0.15, 0.2) is 5.13 Å². The summed E-state index contributed by atoms with van der Waals surface area (Å²) in [4.78, 5) is 6.55. The van der Waals surface area contributed by atoms with E-state index in [9.17, 15) is 10.4 Å². The van der Waals surface area contributed by atoms with Crippen LogP contribution in [0.3, 0.4) is 0 Å². The van der Waals surface area contributed by atoms with Crippen LogP contribution in [0.5, 0.6) is 0 Å². The Kier molecular flexibility index (Phi) is 4.98. The van der Waals surface area contributed by atoms with Crippen LogP contribution >= 0.6 is 11.3 Å². The highest BCUT2D eigenvalue weighted by Crippen LogP contribution is 2.44. The van der Waals surface area contributed by atoms with E-state index in [0.717, 1.165) is 28.4 Å². The summed E-state index contributed by atoms with van der Waals surface area (Å²) in [7, 11) is 0. The topological polar surface area (TPSA) is 60.2 Å². The number of hydrogen-bond donors (Lipinski definition) is 1. The predicted octanol–water partition coefficient (Wildman–Crippen LogP) is 3.60. The smallest absolute Gasteiger partial charge is 0.186 e. The molecule has 3 rings (SSSR count). The number of benzene rings is 1. The van der Waals surface area contributed by atoms with Crippen molar-refractivity contribution in [2.45, 2.75) is 38.3 Å². The van der Waals surface area contributed by atoms with Crippen molar-refractivity contribution in [3.8, 4) is 6.07 Å². The van der Waals surface area contributed by atoms with Crippen LogP contribution in [0.2, 0.25) is 0 Å². The zero-order chi connectivity index (χ0) is 17.1. The van der Waals surface area contributed by atoms with E-state index in [4.69, 9.17) is 0 Å². The number of aliphatic hydroxyl groups is 1. The Morgan fingerprint density at radius 3 is 2.67 bits per heavy atom. The van der Waals surface area contributed by atoms with Crippen molar-refractivity contribution < 1.29 is 5.11 Å². The molecule has 0 aliphatic carbocycles. The van der Waals surface area contributed by atoms with Gasteiger partial charge in [-0.25, -0.2) is 4.98 Å². The lowest BCUT2D eigenvalue weighted by Gasteiger charge is -2.51. The minimum Gasteiger partial charge on any atom is -0.394 e. The largest absolute Gasteiger partial charge is 0.394 e. The van der Waals surface area contributed by atoms with Crippen molar-refractivity contribution in [2.24, 2.45) is 0 Å². The molecular formula is C19H21N3OS. The highest BCUT2D eigenvalue weighted by atomic mass is 32.1. The van der Waals surface area contributed by atoms with Crippen molar-refractivity contribution in [1.82, 2.24) is 4.98 Å². The lowest BCUT2D eigenvalue weighted by Crippen LogP contribution is -2.63. The molecule has 4 nitrogen and oxygen atoms in total. The van der Waals surface area contributed by atoms with Gasteiger partial charge in [-0.15, -0.1) is 11.3 Å². The van der Waals surface area contributed by atoms with E-state index in [1.807, 2.05) is 29.4 Å². The number of nitriles is 1. The van der Waals surface area contributed by atoms with Gasteiger partial charge in [-0.1, -0.05) is 43.3 Å². The number of aliphatic hydroxyl groups excluding tert-OH is 1. The van der Waals surface area contributed by atoms with Crippen molar-refractivity contribution in [3.63, 3.8) is 0 Å². The zero-order valence-electron chi connectivity index (χ0n) is 13.9. The van der Waals surface area contributed by atoms with Crippen molar-refractivity contribution in [2.75, 3.05) is 11.5 Å². The fourth-order valence-corrected chi connectivity index (χ4v) is 4.27. The fraction of sp³-hybridized carbons (Fsp3) is 0.368. The Labute approximate surface area is 146 Å². The van der Waals surface area contributed by atoms with Gasteiger partial charge < -0.3 is 10.0 Å². The molecule has 0 saturated carbocycles. The van der Waals surface area contributed by atoms with Crippen LogP contribution in [-0.4, -0.2) is 28.8 Å². The fourth-order valence-electron chi connectivity index (χ4n) is 3.27. The molecule has 0 bridgehead atoms. The van der Waals surface area contributed by atoms with Crippen molar-refractivity contribution >= 4 is 22.5 Å². The van der Waals surface area contributed by atoms with E-state index in [0.29, 0.717) is 0 Å². The Morgan fingerprint density at radius 1 is 1.38 bits per heavy atom. The standard InChI is InChI=1S/C19H21N3OS/c1-3-5-13-6-8-14(9-7-13)18-16(10-20)22(17(18)11-23)19-21-15(4-2)12-24-19/h3,5-9,12,16-18,23H,4,11H2,1-2H3/b5-3+/t16-,17+,18+/m1/s1. The van der Waals surface area contributed by atoms with Crippen molar-refractivity contribution in [3.05, 3.63) is 52.5 Å². The van der Waals surface area contributed by atoms with Gasteiger partial charge in [0, 0.05) is 11.3 Å². The summed E-state index contributed by atoms with van der Waals surface area (Å²) in [5, 5.41) is 22.4. The van der Waals surface area contributed by atoms with Gasteiger partial charge in [0.05, 0.1) is 24.4 Å². The lowest BCUT2D eigenvalue weighted by atomic mass is 9.76. The second-order valence-electron chi connectivity index (χ2n) is 5.90. The molecule has 1 N–H and O–H groups in total. The number of nitrogens with zero attached hydrogens (tertiary/aromatic N) is 3. The second kappa shape index (κ2) is 7.16. The van der Waals surface area contributed by atoms with Gasteiger partial charge in [0.1, 0.15) is 6.04 Å². The van der Waals surface area contributed by atoms with Crippen LogP contribution < -0.4 is 4.90 Å². The molecule has 1 aliphatic heterocycles. The summed E-state index contributed by atoms with van der Waals surface area (Å²) in [5.74, 6) is 0.00799. The highest BCUT2D eigenvalue weighted by Gasteiger charge is 2.50. The Balaban J connectivity index is 1.87. The maximum atomic E-state index is 9.88. The molecule has 124 valence electrons. The maximum absolute atomic E-state index is 9.88. The van der Waals surface area contributed by atoms with E-state index < -0.39 is 0 Å². The Bertz CT molecular complexity index is 760. The number of allylic oxidation sites excluding steroid dienone is 1. The first-order valence-electron chi connectivity index (χ1n) is 8.19. The van der Waals surface area contributed by atoms with Gasteiger partial charge in [-0.3, -0.25) is 0 Å². The number of anilines is 1. The number of aryl methyl sites for hydroxylation is 1. The molecule has 1 fully saturated rings. The molecule has 24 heavy (non-hydrogen) atoms. The van der Waals surface area contributed by atoms with E-state index >= 15 is 0 Å². The van der Waals surface area contributed by atoms with Gasteiger partial charge >= 0.3 is 0 Å². The van der Waals surface area contributed by atoms with Crippen LogP contribution in [0.15, 0.2) is 35.7 Å². The van der Waals surface area contributed by atoms with Gasteiger partial charge in [0.2, 0.25) is 0 Å². The summed E-state index contributed by atoms with van der Waals surface area (Å²) in [6.45, 7) is 4.07. The SMILES string of the molecule is C/C=C/c1ccc([C@H]2[C@@H](C#N)N(c3nc(CC)cs3)[C@H]2CO)cc1. The number of hydrogen-bond acceptors (Lipinski definition) is 5. The predicted molar refractivity (Wildman–Crippen MR) is 98.1 cm³/mol. The monoisotopic (exact) mass is 339 g/mol. The summed E-state index contributed by atoms with van der Waals surface area (Å²) in [6.07, 6.45) is 4.92. The average Bonchev–Trinajstić information content (AvgIpc) is 3.05. The van der Waals surface area contributed by atoms with E-state index in [-0.39, 0.29) is 24.6 Å². The van der Waals surface area contributed by atoms with Crippen LogP contribution in [0.1, 0.15) is 36.6 Å². The number of thiazole rings is 1.